The molecule has 1 aromatic carbocycles. The first-order chi connectivity index (χ1) is 11.7. The van der Waals surface area contributed by atoms with E-state index in [4.69, 9.17) is 4.74 Å². The summed E-state index contributed by atoms with van der Waals surface area (Å²) < 4.78 is 48.2. The van der Waals surface area contributed by atoms with Gasteiger partial charge >= 0.3 is 6.09 Å². The van der Waals surface area contributed by atoms with Gasteiger partial charge in [0.15, 0.2) is 5.67 Å². The summed E-state index contributed by atoms with van der Waals surface area (Å²) in [6.07, 6.45) is -3.32. The highest BCUT2D eigenvalue weighted by Gasteiger charge is 2.52. The highest BCUT2D eigenvalue weighted by molar-refractivity contribution is 5.87. The summed E-state index contributed by atoms with van der Waals surface area (Å²) in [4.78, 5) is 23.8. The van der Waals surface area contributed by atoms with Crippen LogP contribution in [0.5, 0.6) is 0 Å². The maximum Gasteiger partial charge on any atom is 0.412 e. The number of nitrogens with one attached hydrogen (secondary N) is 2. The molecule has 5 nitrogen and oxygen atoms in total. The molecule has 2 amide bonds. The molecule has 0 aliphatic carbocycles. The molecule has 26 heavy (non-hydrogen) atoms. The van der Waals surface area contributed by atoms with Gasteiger partial charge in [0.2, 0.25) is 0 Å². The van der Waals surface area contributed by atoms with Crippen molar-refractivity contribution in [2.45, 2.75) is 64.0 Å². The number of alkyl halides is 2. The number of piperidine rings is 1. The van der Waals surface area contributed by atoms with Gasteiger partial charge in [-0.1, -0.05) is 0 Å². The lowest BCUT2D eigenvalue weighted by atomic mass is 9.77. The number of hydrogen-bond acceptors (Lipinski definition) is 3. The van der Waals surface area contributed by atoms with E-state index in [-0.39, 0.29) is 11.3 Å². The number of rotatable bonds is 2. The van der Waals surface area contributed by atoms with E-state index in [1.807, 2.05) is 0 Å². The predicted octanol–water partition coefficient (Wildman–Crippen LogP) is 3.97. The number of halogens is 3. The van der Waals surface area contributed by atoms with Crippen molar-refractivity contribution < 1.29 is 27.5 Å². The number of amides is 2. The van der Waals surface area contributed by atoms with E-state index in [1.54, 1.807) is 20.8 Å². The van der Waals surface area contributed by atoms with Crippen molar-refractivity contribution in [2.75, 3.05) is 5.32 Å². The van der Waals surface area contributed by atoms with Crippen LogP contribution in [0.4, 0.5) is 23.7 Å². The van der Waals surface area contributed by atoms with Crippen LogP contribution in [0.3, 0.4) is 0 Å². The summed E-state index contributed by atoms with van der Waals surface area (Å²) in [6.45, 7) is 7.31. The Balaban J connectivity index is 2.32. The summed E-state index contributed by atoms with van der Waals surface area (Å²) in [5.41, 5.74) is -4.90. The molecule has 0 saturated carbocycles. The van der Waals surface area contributed by atoms with Gasteiger partial charge in [0.1, 0.15) is 17.6 Å². The molecule has 0 aromatic heterocycles. The molecule has 2 N–H and O–H groups in total. The molecule has 1 heterocycles. The third-order valence-corrected chi connectivity index (χ3v) is 4.21. The third kappa shape index (κ3) is 4.11. The van der Waals surface area contributed by atoms with Crippen molar-refractivity contribution in [1.82, 2.24) is 5.32 Å². The van der Waals surface area contributed by atoms with Crippen LogP contribution < -0.4 is 10.6 Å². The quantitative estimate of drug-likeness (QED) is 0.825. The topological polar surface area (TPSA) is 67.4 Å². The van der Waals surface area contributed by atoms with Gasteiger partial charge < -0.3 is 10.1 Å². The average Bonchev–Trinajstić information content (AvgIpc) is 2.45. The second-order valence-electron chi connectivity index (χ2n) is 7.85. The second kappa shape index (κ2) is 6.48. The SMILES string of the molecule is CC(C)(C)OC(=O)Nc1ccc(F)c([C@@]2(C)NC(=O)[C@@](C)(F)C[C@@H]2F)c1. The number of ether oxygens (including phenoxy) is 1. The summed E-state index contributed by atoms with van der Waals surface area (Å²) in [5, 5.41) is 4.66. The Hall–Kier alpha value is -2.25. The zero-order valence-electron chi connectivity index (χ0n) is 15.4. The molecule has 1 fully saturated rings. The molecule has 0 bridgehead atoms. The van der Waals surface area contributed by atoms with Gasteiger partial charge in [0.05, 0.1) is 5.54 Å². The molecule has 1 aliphatic rings. The minimum absolute atomic E-state index is 0.159. The smallest absolute Gasteiger partial charge is 0.412 e. The summed E-state index contributed by atoms with van der Waals surface area (Å²) in [7, 11) is 0. The van der Waals surface area contributed by atoms with Crippen LogP contribution in [0.1, 0.15) is 46.6 Å². The number of anilines is 1. The van der Waals surface area contributed by atoms with Crippen LogP contribution in [-0.2, 0) is 15.1 Å². The van der Waals surface area contributed by atoms with E-state index >= 15 is 0 Å². The molecular formula is C18H23F3N2O3. The lowest BCUT2D eigenvalue weighted by molar-refractivity contribution is -0.142. The lowest BCUT2D eigenvalue weighted by Crippen LogP contribution is -2.62. The molecule has 3 atom stereocenters. The first-order valence-electron chi connectivity index (χ1n) is 8.20. The van der Waals surface area contributed by atoms with Crippen molar-refractivity contribution in [2.24, 2.45) is 0 Å². The molecule has 1 aromatic rings. The van der Waals surface area contributed by atoms with E-state index in [1.165, 1.54) is 19.1 Å². The normalized spacial score (nSPS) is 29.1. The first kappa shape index (κ1) is 20.1. The number of hydrogen-bond donors (Lipinski definition) is 2. The van der Waals surface area contributed by atoms with E-state index in [0.29, 0.717) is 0 Å². The van der Waals surface area contributed by atoms with E-state index in [0.717, 1.165) is 13.0 Å². The summed E-state index contributed by atoms with van der Waals surface area (Å²) >= 11 is 0. The van der Waals surface area contributed by atoms with Crippen molar-refractivity contribution in [3.05, 3.63) is 29.6 Å². The van der Waals surface area contributed by atoms with E-state index < -0.39 is 47.2 Å². The van der Waals surface area contributed by atoms with Gasteiger partial charge in [-0.2, -0.15) is 0 Å². The fourth-order valence-corrected chi connectivity index (χ4v) is 2.74. The van der Waals surface area contributed by atoms with Crippen LogP contribution in [-0.4, -0.2) is 29.4 Å². The maximum atomic E-state index is 14.7. The Labute approximate surface area is 150 Å². The van der Waals surface area contributed by atoms with Gasteiger partial charge in [0, 0.05) is 17.7 Å². The van der Waals surface area contributed by atoms with E-state index in [9.17, 15) is 22.8 Å². The molecular weight excluding hydrogens is 349 g/mol. The van der Waals surface area contributed by atoms with Gasteiger partial charge in [-0.3, -0.25) is 10.1 Å². The first-order valence-corrected chi connectivity index (χ1v) is 8.20. The van der Waals surface area contributed by atoms with Crippen molar-refractivity contribution in [3.63, 3.8) is 0 Å². The molecule has 0 radical (unpaired) electrons. The van der Waals surface area contributed by atoms with Crippen molar-refractivity contribution in [1.29, 1.82) is 0 Å². The van der Waals surface area contributed by atoms with Crippen LogP contribution >= 0.6 is 0 Å². The molecule has 0 spiro atoms. The predicted molar refractivity (Wildman–Crippen MR) is 90.8 cm³/mol. The molecule has 1 saturated heterocycles. The van der Waals surface area contributed by atoms with Crippen LogP contribution in [0.25, 0.3) is 0 Å². The van der Waals surface area contributed by atoms with E-state index in [2.05, 4.69) is 10.6 Å². The molecule has 144 valence electrons. The van der Waals surface area contributed by atoms with Crippen molar-refractivity contribution >= 4 is 17.7 Å². The highest BCUT2D eigenvalue weighted by atomic mass is 19.2. The fraction of sp³-hybridized carbons (Fsp3) is 0.556. The second-order valence-corrected chi connectivity index (χ2v) is 7.85. The molecule has 8 heteroatoms. The minimum Gasteiger partial charge on any atom is -0.444 e. The van der Waals surface area contributed by atoms with Crippen molar-refractivity contribution in [3.8, 4) is 0 Å². The zero-order chi connectivity index (χ0) is 19.9. The van der Waals surface area contributed by atoms with Gasteiger partial charge in [-0.25, -0.2) is 18.0 Å². The summed E-state index contributed by atoms with van der Waals surface area (Å²) in [5.74, 6) is -1.80. The average molecular weight is 372 g/mol. The Morgan fingerprint density at radius 1 is 1.35 bits per heavy atom. The largest absolute Gasteiger partial charge is 0.444 e. The number of carbonyl (C=O) groups excluding carboxylic acids is 2. The zero-order valence-corrected chi connectivity index (χ0v) is 15.4. The molecule has 0 unspecified atom stereocenters. The minimum atomic E-state index is -2.37. The maximum absolute atomic E-state index is 14.7. The number of carbonyl (C=O) groups is 2. The van der Waals surface area contributed by atoms with Gasteiger partial charge in [-0.05, 0) is 52.8 Å². The molecule has 1 aliphatic heterocycles. The highest BCUT2D eigenvalue weighted by Crippen LogP contribution is 2.39. The molecule has 2 rings (SSSR count). The third-order valence-electron chi connectivity index (χ3n) is 4.21. The Morgan fingerprint density at radius 2 is 1.96 bits per heavy atom. The van der Waals surface area contributed by atoms with Crippen LogP contribution in [0, 0.1) is 5.82 Å². The van der Waals surface area contributed by atoms with Gasteiger partial charge in [-0.15, -0.1) is 0 Å². The van der Waals surface area contributed by atoms with Crippen LogP contribution in [0.15, 0.2) is 18.2 Å². The summed E-state index contributed by atoms with van der Waals surface area (Å²) in [6, 6.07) is 3.52. The monoisotopic (exact) mass is 372 g/mol. The Morgan fingerprint density at radius 3 is 2.54 bits per heavy atom. The Kier molecular flexibility index (Phi) is 5.00. The number of benzene rings is 1. The standard InChI is InChI=1S/C18H23F3N2O3/c1-16(2,3)26-15(25)22-10-6-7-12(19)11(8-10)18(5)13(20)9-17(4,21)14(24)23-18/h6-8,13H,9H2,1-5H3,(H,22,25)(H,23,24)/t13-,17-,18+/m0/s1. The van der Waals surface area contributed by atoms with Gasteiger partial charge in [0.25, 0.3) is 5.91 Å². The fourth-order valence-electron chi connectivity index (χ4n) is 2.74. The van der Waals surface area contributed by atoms with Crippen LogP contribution in [0.2, 0.25) is 0 Å². The lowest BCUT2D eigenvalue weighted by Gasteiger charge is -2.42. The Bertz CT molecular complexity index is 731.